The molecule has 0 spiro atoms. The Balaban J connectivity index is 1.25. The summed E-state index contributed by atoms with van der Waals surface area (Å²) >= 11 is 0. The highest BCUT2D eigenvalue weighted by atomic mass is 16.2. The van der Waals surface area contributed by atoms with E-state index in [9.17, 15) is 14.4 Å². The molecule has 0 radical (unpaired) electrons. The summed E-state index contributed by atoms with van der Waals surface area (Å²) in [5, 5.41) is 13.7. The quantitative estimate of drug-likeness (QED) is 0.564. The molecule has 160 valence electrons. The first-order chi connectivity index (χ1) is 15.1. The van der Waals surface area contributed by atoms with Gasteiger partial charge < -0.3 is 10.6 Å². The summed E-state index contributed by atoms with van der Waals surface area (Å²) in [4.78, 5) is 38.8. The van der Waals surface area contributed by atoms with Crippen molar-refractivity contribution in [2.45, 2.75) is 25.3 Å². The molecule has 2 heterocycles. The van der Waals surface area contributed by atoms with Gasteiger partial charge in [0.05, 0.1) is 24.0 Å². The predicted molar refractivity (Wildman–Crippen MR) is 119 cm³/mol. The summed E-state index contributed by atoms with van der Waals surface area (Å²) in [5.74, 6) is -0.158. The molecular formula is C23H25N5O3. The van der Waals surface area contributed by atoms with Crippen molar-refractivity contribution in [1.29, 1.82) is 0 Å². The van der Waals surface area contributed by atoms with E-state index in [1.54, 1.807) is 18.2 Å². The van der Waals surface area contributed by atoms with Crippen LogP contribution in [0.2, 0.25) is 0 Å². The fraction of sp³-hybridized carbons (Fsp3) is 0.304. The van der Waals surface area contributed by atoms with Gasteiger partial charge in [-0.2, -0.15) is 5.10 Å². The van der Waals surface area contributed by atoms with Gasteiger partial charge in [-0.3, -0.25) is 19.3 Å². The summed E-state index contributed by atoms with van der Waals surface area (Å²) < 4.78 is 0. The number of piperidine rings is 1. The highest BCUT2D eigenvalue weighted by molar-refractivity contribution is 5.92. The maximum Gasteiger partial charge on any atom is 0.272 e. The molecule has 0 aliphatic carbocycles. The fourth-order valence-electron chi connectivity index (χ4n) is 3.90. The third-order valence-electron chi connectivity index (χ3n) is 5.48. The SMILES string of the molecule is O=C(CN1CCC(NC(=O)Cc2n[nH]c(=O)c3ccccc23)CC1)Nc1ccccc1. The zero-order valence-electron chi connectivity index (χ0n) is 17.1. The lowest BCUT2D eigenvalue weighted by Gasteiger charge is -2.31. The lowest BCUT2D eigenvalue weighted by atomic mass is 10.0. The Kier molecular flexibility index (Phi) is 6.37. The Labute approximate surface area is 179 Å². The van der Waals surface area contributed by atoms with E-state index in [0.717, 1.165) is 31.6 Å². The molecule has 1 saturated heterocycles. The fourth-order valence-corrected chi connectivity index (χ4v) is 3.90. The number of nitrogens with one attached hydrogen (secondary N) is 3. The van der Waals surface area contributed by atoms with E-state index in [2.05, 4.69) is 25.7 Å². The van der Waals surface area contributed by atoms with E-state index < -0.39 is 0 Å². The standard InChI is InChI=1S/C23H25N5O3/c29-21(14-20-18-8-4-5-9-19(18)23(31)27-26-20)24-17-10-12-28(13-11-17)15-22(30)25-16-6-2-1-3-7-16/h1-9,17H,10-15H2,(H,24,29)(H,25,30)(H,27,31). The number of aromatic amines is 1. The molecule has 0 unspecified atom stereocenters. The van der Waals surface area contributed by atoms with E-state index >= 15 is 0 Å². The number of para-hydroxylation sites is 1. The van der Waals surface area contributed by atoms with Crippen LogP contribution in [-0.4, -0.2) is 52.6 Å². The van der Waals surface area contributed by atoms with Crippen LogP contribution >= 0.6 is 0 Å². The number of carbonyl (C=O) groups excluding carboxylic acids is 2. The molecule has 0 saturated carbocycles. The largest absolute Gasteiger partial charge is 0.353 e. The van der Waals surface area contributed by atoms with Gasteiger partial charge >= 0.3 is 0 Å². The van der Waals surface area contributed by atoms with Gasteiger partial charge in [0, 0.05) is 30.2 Å². The van der Waals surface area contributed by atoms with Crippen molar-refractivity contribution in [3.8, 4) is 0 Å². The summed E-state index contributed by atoms with van der Waals surface area (Å²) in [7, 11) is 0. The molecular weight excluding hydrogens is 394 g/mol. The molecule has 3 aromatic rings. The number of likely N-dealkylation sites (tertiary alicyclic amines) is 1. The van der Waals surface area contributed by atoms with E-state index in [-0.39, 0.29) is 29.8 Å². The van der Waals surface area contributed by atoms with Gasteiger partial charge in [0.2, 0.25) is 11.8 Å². The molecule has 3 N–H and O–H groups in total. The zero-order chi connectivity index (χ0) is 21.6. The maximum atomic E-state index is 12.6. The second kappa shape index (κ2) is 9.53. The van der Waals surface area contributed by atoms with Crippen LogP contribution in [0.25, 0.3) is 10.8 Å². The first kappa shape index (κ1) is 20.7. The summed E-state index contributed by atoms with van der Waals surface area (Å²) in [6.45, 7) is 1.82. The average Bonchev–Trinajstić information content (AvgIpc) is 2.78. The van der Waals surface area contributed by atoms with E-state index in [1.807, 2.05) is 36.4 Å². The van der Waals surface area contributed by atoms with Gasteiger partial charge in [-0.1, -0.05) is 36.4 Å². The van der Waals surface area contributed by atoms with Crippen molar-refractivity contribution in [3.63, 3.8) is 0 Å². The van der Waals surface area contributed by atoms with Gasteiger partial charge in [-0.25, -0.2) is 5.10 Å². The van der Waals surface area contributed by atoms with Gasteiger partial charge in [-0.15, -0.1) is 0 Å². The number of carbonyl (C=O) groups is 2. The lowest BCUT2D eigenvalue weighted by molar-refractivity contribution is -0.122. The van der Waals surface area contributed by atoms with Gasteiger partial charge in [-0.05, 0) is 31.0 Å². The monoisotopic (exact) mass is 419 g/mol. The van der Waals surface area contributed by atoms with Crippen molar-refractivity contribution in [3.05, 3.63) is 70.6 Å². The number of benzene rings is 2. The number of hydrogen-bond acceptors (Lipinski definition) is 5. The molecule has 8 nitrogen and oxygen atoms in total. The number of nitrogens with zero attached hydrogens (tertiary/aromatic N) is 2. The molecule has 31 heavy (non-hydrogen) atoms. The Morgan fingerprint density at radius 3 is 2.39 bits per heavy atom. The van der Waals surface area contributed by atoms with Crippen LogP contribution in [0.4, 0.5) is 5.69 Å². The van der Waals surface area contributed by atoms with Crippen LogP contribution < -0.4 is 16.2 Å². The number of fused-ring (bicyclic) bond motifs is 1. The smallest absolute Gasteiger partial charge is 0.272 e. The number of aromatic nitrogens is 2. The minimum atomic E-state index is -0.261. The van der Waals surface area contributed by atoms with Crippen molar-refractivity contribution in [2.75, 3.05) is 25.0 Å². The first-order valence-electron chi connectivity index (χ1n) is 10.4. The molecule has 1 aromatic heterocycles. The second-order valence-electron chi connectivity index (χ2n) is 7.75. The third kappa shape index (κ3) is 5.35. The van der Waals surface area contributed by atoms with Gasteiger partial charge in [0.15, 0.2) is 0 Å². The summed E-state index contributed by atoms with van der Waals surface area (Å²) in [5.41, 5.74) is 1.09. The molecule has 0 atom stereocenters. The van der Waals surface area contributed by atoms with Crippen LogP contribution in [0.5, 0.6) is 0 Å². The van der Waals surface area contributed by atoms with E-state index in [4.69, 9.17) is 0 Å². The van der Waals surface area contributed by atoms with E-state index in [1.165, 1.54) is 0 Å². The normalized spacial score (nSPS) is 15.0. The minimum Gasteiger partial charge on any atom is -0.353 e. The number of rotatable bonds is 6. The first-order valence-corrected chi connectivity index (χ1v) is 10.4. The second-order valence-corrected chi connectivity index (χ2v) is 7.75. The van der Waals surface area contributed by atoms with Crippen LogP contribution in [0.1, 0.15) is 18.5 Å². The number of amides is 2. The molecule has 2 amide bonds. The topological polar surface area (TPSA) is 107 Å². The minimum absolute atomic E-state index is 0.0373. The van der Waals surface area contributed by atoms with Crippen LogP contribution in [0.3, 0.4) is 0 Å². The van der Waals surface area contributed by atoms with Gasteiger partial charge in [0.25, 0.3) is 5.56 Å². The Hall–Kier alpha value is -3.52. The van der Waals surface area contributed by atoms with Crippen molar-refractivity contribution < 1.29 is 9.59 Å². The maximum absolute atomic E-state index is 12.6. The molecule has 8 heteroatoms. The highest BCUT2D eigenvalue weighted by Gasteiger charge is 2.22. The van der Waals surface area contributed by atoms with Gasteiger partial charge in [0.1, 0.15) is 0 Å². The van der Waals surface area contributed by atoms with Crippen LogP contribution in [0.15, 0.2) is 59.4 Å². The lowest BCUT2D eigenvalue weighted by Crippen LogP contribution is -2.47. The zero-order valence-corrected chi connectivity index (χ0v) is 17.1. The molecule has 0 bridgehead atoms. The van der Waals surface area contributed by atoms with Crippen LogP contribution in [-0.2, 0) is 16.0 Å². The predicted octanol–water partition coefficient (Wildman–Crippen LogP) is 1.68. The van der Waals surface area contributed by atoms with E-state index in [0.29, 0.717) is 23.0 Å². The van der Waals surface area contributed by atoms with Crippen molar-refractivity contribution in [2.24, 2.45) is 0 Å². The molecule has 1 aliphatic heterocycles. The molecule has 1 aliphatic rings. The van der Waals surface area contributed by atoms with Crippen molar-refractivity contribution >= 4 is 28.3 Å². The van der Waals surface area contributed by atoms with Crippen molar-refractivity contribution in [1.82, 2.24) is 20.4 Å². The summed E-state index contributed by atoms with van der Waals surface area (Å²) in [6, 6.07) is 16.6. The number of hydrogen-bond donors (Lipinski definition) is 3. The molecule has 1 fully saturated rings. The Morgan fingerprint density at radius 2 is 1.65 bits per heavy atom. The number of anilines is 1. The average molecular weight is 419 g/mol. The molecule has 4 rings (SSSR count). The van der Waals surface area contributed by atoms with Crippen LogP contribution in [0, 0.1) is 0 Å². The Morgan fingerprint density at radius 1 is 0.968 bits per heavy atom. The number of H-pyrrole nitrogens is 1. The summed E-state index contributed by atoms with van der Waals surface area (Å²) in [6.07, 6.45) is 1.67. The Bertz CT molecular complexity index is 1120. The highest BCUT2D eigenvalue weighted by Crippen LogP contribution is 2.14. The third-order valence-corrected chi connectivity index (χ3v) is 5.48. The molecule has 2 aromatic carbocycles.